The average Bonchev–Trinajstić information content (AvgIpc) is 3.40. The molecule has 1 saturated carbocycles. The van der Waals surface area contributed by atoms with E-state index < -0.39 is 63.0 Å². The number of nitrogens with zero attached hydrogens (tertiary/aromatic N) is 2. The van der Waals surface area contributed by atoms with Crippen molar-refractivity contribution in [1.29, 1.82) is 5.26 Å². The van der Waals surface area contributed by atoms with Crippen LogP contribution in [0.5, 0.6) is 0 Å². The van der Waals surface area contributed by atoms with E-state index in [0.29, 0.717) is 38.6 Å². The van der Waals surface area contributed by atoms with Crippen LogP contribution in [0.3, 0.4) is 0 Å². The summed E-state index contributed by atoms with van der Waals surface area (Å²) >= 11 is 0. The number of amides is 4. The maximum atomic E-state index is 13.7. The number of nitriles is 1. The molecule has 2 fully saturated rings. The van der Waals surface area contributed by atoms with Gasteiger partial charge in [-0.2, -0.15) is 5.26 Å². The summed E-state index contributed by atoms with van der Waals surface area (Å²) in [7, 11) is -4.29. The van der Waals surface area contributed by atoms with Gasteiger partial charge in [0, 0.05) is 12.5 Å². The van der Waals surface area contributed by atoms with Gasteiger partial charge in [0.15, 0.2) is 0 Å². The summed E-state index contributed by atoms with van der Waals surface area (Å²) in [5.74, 6) is -2.25. The summed E-state index contributed by atoms with van der Waals surface area (Å²) in [6, 6.07) is 5.28. The highest BCUT2D eigenvalue weighted by molar-refractivity contribution is 7.90. The summed E-state index contributed by atoms with van der Waals surface area (Å²) in [6.45, 7) is 5.49. The molecule has 1 aliphatic carbocycles. The Labute approximate surface area is 252 Å². The van der Waals surface area contributed by atoms with Gasteiger partial charge in [0.25, 0.3) is 15.9 Å². The van der Waals surface area contributed by atoms with Crippen LogP contribution in [0.25, 0.3) is 0 Å². The van der Waals surface area contributed by atoms with Gasteiger partial charge in [-0.15, -0.1) is 0 Å². The second-order valence-corrected chi connectivity index (χ2v) is 14.0. The Morgan fingerprint density at radius 3 is 2.49 bits per heavy atom. The van der Waals surface area contributed by atoms with Crippen molar-refractivity contribution >= 4 is 33.8 Å². The van der Waals surface area contributed by atoms with E-state index in [4.69, 9.17) is 10.00 Å². The van der Waals surface area contributed by atoms with Crippen LogP contribution in [0.2, 0.25) is 0 Å². The maximum absolute atomic E-state index is 13.7. The molecule has 4 amide bonds. The fraction of sp³-hybridized carbons (Fsp3) is 0.567. The molecule has 12 nitrogen and oxygen atoms in total. The van der Waals surface area contributed by atoms with Gasteiger partial charge >= 0.3 is 6.09 Å². The van der Waals surface area contributed by atoms with E-state index in [2.05, 4.69) is 15.4 Å². The molecule has 3 aliphatic rings. The predicted octanol–water partition coefficient (Wildman–Crippen LogP) is 2.64. The number of carbonyl (C=O) groups is 4. The number of alkyl carbamates (subject to hydrolysis) is 1. The molecule has 1 aromatic carbocycles. The van der Waals surface area contributed by atoms with Crippen molar-refractivity contribution in [2.24, 2.45) is 5.92 Å². The Hall–Kier alpha value is -3.92. The number of sulfonamides is 1. The molecular weight excluding hydrogens is 574 g/mol. The number of benzene rings is 1. The van der Waals surface area contributed by atoms with E-state index in [1.165, 1.54) is 29.2 Å². The van der Waals surface area contributed by atoms with Crippen LogP contribution in [-0.4, -0.2) is 66.9 Å². The summed E-state index contributed by atoms with van der Waals surface area (Å²) in [4.78, 5) is 54.7. The van der Waals surface area contributed by atoms with Gasteiger partial charge in [0.1, 0.15) is 23.2 Å². The monoisotopic (exact) mass is 613 g/mol. The zero-order valence-corrected chi connectivity index (χ0v) is 25.5. The molecule has 0 radical (unpaired) electrons. The van der Waals surface area contributed by atoms with Crippen LogP contribution in [-0.2, 0) is 29.1 Å². The highest BCUT2D eigenvalue weighted by atomic mass is 32.2. The molecule has 0 bridgehead atoms. The van der Waals surface area contributed by atoms with Crippen LogP contribution in [0, 0.1) is 17.2 Å². The van der Waals surface area contributed by atoms with Gasteiger partial charge < -0.3 is 20.3 Å². The summed E-state index contributed by atoms with van der Waals surface area (Å²) < 4.78 is 33.5. The van der Waals surface area contributed by atoms with E-state index >= 15 is 0 Å². The minimum absolute atomic E-state index is 0.191. The highest BCUT2D eigenvalue weighted by Crippen LogP contribution is 2.45. The van der Waals surface area contributed by atoms with Crippen molar-refractivity contribution in [2.75, 3.05) is 6.54 Å². The molecule has 0 spiro atoms. The van der Waals surface area contributed by atoms with E-state index in [-0.39, 0.29) is 16.9 Å². The van der Waals surface area contributed by atoms with Gasteiger partial charge in [-0.05, 0) is 83.6 Å². The molecule has 2 heterocycles. The van der Waals surface area contributed by atoms with Crippen molar-refractivity contribution in [3.63, 3.8) is 0 Å². The zero-order valence-electron chi connectivity index (χ0n) is 24.7. The SMILES string of the molecule is CC(C)(C)OC(=O)N[C@H]1CCCCCC=C[C@@H]2C[C@@]2(C(=O)NS(=O)(=O)c2ccc(C#N)cc2)NC(=O)[C@@H]2CCCN2C1=O. The second-order valence-electron chi connectivity index (χ2n) is 12.3. The fourth-order valence-corrected chi connectivity index (χ4v) is 6.56. The third-order valence-corrected chi connectivity index (χ3v) is 9.19. The first kappa shape index (κ1) is 32.0. The van der Waals surface area contributed by atoms with Crippen molar-refractivity contribution in [1.82, 2.24) is 20.3 Å². The number of allylic oxidation sites excluding steroid dienone is 1. The Bertz CT molecular complexity index is 1430. The van der Waals surface area contributed by atoms with Gasteiger partial charge in [0.2, 0.25) is 11.8 Å². The average molecular weight is 614 g/mol. The number of fused-ring (bicyclic) bond motifs is 2. The predicted molar refractivity (Wildman–Crippen MR) is 156 cm³/mol. The van der Waals surface area contributed by atoms with E-state index in [1.807, 2.05) is 18.2 Å². The number of hydrogen-bond acceptors (Lipinski definition) is 8. The summed E-state index contributed by atoms with van der Waals surface area (Å²) in [6.07, 6.45) is 7.51. The van der Waals surface area contributed by atoms with E-state index in [1.54, 1.807) is 20.8 Å². The van der Waals surface area contributed by atoms with Crippen LogP contribution in [0.1, 0.15) is 77.7 Å². The lowest BCUT2D eigenvalue weighted by Crippen LogP contribution is -2.58. The smallest absolute Gasteiger partial charge is 0.408 e. The molecule has 232 valence electrons. The normalized spacial score (nSPS) is 26.5. The third kappa shape index (κ3) is 7.73. The summed E-state index contributed by atoms with van der Waals surface area (Å²) in [5.41, 5.74) is -1.98. The third-order valence-electron chi connectivity index (χ3n) is 7.85. The van der Waals surface area contributed by atoms with Crippen molar-refractivity contribution in [2.45, 2.75) is 100 Å². The highest BCUT2D eigenvalue weighted by Gasteiger charge is 2.61. The molecule has 1 saturated heterocycles. The quantitative estimate of drug-likeness (QED) is 0.435. The Morgan fingerprint density at radius 2 is 1.81 bits per heavy atom. The number of hydrogen-bond donors (Lipinski definition) is 3. The Kier molecular flexibility index (Phi) is 9.49. The largest absolute Gasteiger partial charge is 0.444 e. The molecule has 0 aromatic heterocycles. The molecule has 0 unspecified atom stereocenters. The second kappa shape index (κ2) is 12.8. The molecular formula is C30H39N5O7S. The zero-order chi connectivity index (χ0) is 31.4. The molecule has 2 aliphatic heterocycles. The van der Waals surface area contributed by atoms with Gasteiger partial charge in [-0.1, -0.05) is 25.0 Å². The van der Waals surface area contributed by atoms with Crippen LogP contribution >= 0.6 is 0 Å². The first-order chi connectivity index (χ1) is 20.3. The summed E-state index contributed by atoms with van der Waals surface area (Å²) in [5, 5.41) is 14.5. The molecule has 4 rings (SSSR count). The van der Waals surface area contributed by atoms with Gasteiger partial charge in [-0.3, -0.25) is 14.4 Å². The molecule has 3 N–H and O–H groups in total. The van der Waals surface area contributed by atoms with E-state index in [9.17, 15) is 27.6 Å². The number of ether oxygens (including phenoxy) is 1. The standard InChI is InChI=1S/C30H39N5O7S/c1-29(2,3)42-28(39)32-23-11-8-6-4-5-7-10-21-18-30(21,33-25(36)24-12-9-17-35(24)26(23)37)27(38)34-43(40,41)22-15-13-20(19-31)14-16-22/h7,10,13-16,21,23-24H,4-6,8-9,11-12,17-18H2,1-3H3,(H,32,39)(H,33,36)(H,34,38)/t21-,23+,24+,30-/m1/s1. The topological polar surface area (TPSA) is 175 Å². The minimum Gasteiger partial charge on any atom is -0.444 e. The molecule has 4 atom stereocenters. The first-order valence-corrected chi connectivity index (χ1v) is 16.1. The number of rotatable bonds is 4. The lowest BCUT2D eigenvalue weighted by atomic mass is 10.0. The fourth-order valence-electron chi connectivity index (χ4n) is 5.52. The van der Waals surface area contributed by atoms with Crippen molar-refractivity contribution < 1.29 is 32.3 Å². The molecule has 1 aromatic rings. The Balaban J connectivity index is 1.56. The van der Waals surface area contributed by atoms with Gasteiger partial charge in [-0.25, -0.2) is 17.9 Å². The lowest BCUT2D eigenvalue weighted by Gasteiger charge is -2.30. The number of carbonyl (C=O) groups excluding carboxylic acids is 4. The van der Waals surface area contributed by atoms with Crippen LogP contribution in [0.4, 0.5) is 4.79 Å². The lowest BCUT2D eigenvalue weighted by molar-refractivity contribution is -0.141. The number of nitrogens with one attached hydrogen (secondary N) is 3. The molecule has 43 heavy (non-hydrogen) atoms. The Morgan fingerprint density at radius 1 is 1.09 bits per heavy atom. The van der Waals surface area contributed by atoms with Crippen molar-refractivity contribution in [3.8, 4) is 6.07 Å². The van der Waals surface area contributed by atoms with E-state index in [0.717, 1.165) is 12.8 Å². The van der Waals surface area contributed by atoms with Gasteiger partial charge in [0.05, 0.1) is 16.5 Å². The van der Waals surface area contributed by atoms with Crippen LogP contribution < -0.4 is 15.4 Å². The minimum atomic E-state index is -4.29. The van der Waals surface area contributed by atoms with Crippen molar-refractivity contribution in [3.05, 3.63) is 42.0 Å². The molecule has 13 heteroatoms. The first-order valence-electron chi connectivity index (χ1n) is 14.6. The van der Waals surface area contributed by atoms with Crippen LogP contribution in [0.15, 0.2) is 41.3 Å². The maximum Gasteiger partial charge on any atom is 0.408 e.